The Morgan fingerprint density at radius 3 is 2.32 bits per heavy atom. The average molecular weight is 283 g/mol. The number of aromatic nitrogens is 2. The smallest absolute Gasteiger partial charge is 0.305 e. The highest BCUT2D eigenvalue weighted by Gasteiger charge is 2.49. The second-order valence-electron chi connectivity index (χ2n) is 3.83. The van der Waals surface area contributed by atoms with Crippen LogP contribution in [0.15, 0.2) is 0 Å². The van der Waals surface area contributed by atoms with E-state index in [0.717, 1.165) is 0 Å². The molecule has 106 valence electrons. The second kappa shape index (κ2) is 5.45. The van der Waals surface area contributed by atoms with E-state index < -0.39 is 41.0 Å². The first-order chi connectivity index (χ1) is 8.73. The van der Waals surface area contributed by atoms with Gasteiger partial charge in [-0.2, -0.15) is 17.6 Å². The molecule has 9 heteroatoms. The number of rotatable bonds is 5. The van der Waals surface area contributed by atoms with E-state index in [-0.39, 0.29) is 12.8 Å². The normalized spacial score (nSPS) is 13.4. The number of carbonyl (C=O) groups excluding carboxylic acids is 1. The van der Waals surface area contributed by atoms with Crippen molar-refractivity contribution in [3.63, 3.8) is 0 Å². The fourth-order valence-electron chi connectivity index (χ4n) is 1.55. The average Bonchev–Trinajstić information content (AvgIpc) is 2.32. The fourth-order valence-corrected chi connectivity index (χ4v) is 1.55. The lowest BCUT2D eigenvalue weighted by molar-refractivity contribution is -0.140. The molecule has 0 aliphatic rings. The summed E-state index contributed by atoms with van der Waals surface area (Å²) < 4.78 is 66.5. The molecule has 1 aromatic rings. The monoisotopic (exact) mass is 283 g/mol. The van der Waals surface area contributed by atoms with Crippen LogP contribution in [0.2, 0.25) is 0 Å². The van der Waals surface area contributed by atoms with Crippen molar-refractivity contribution in [2.24, 2.45) is 11.7 Å². The van der Waals surface area contributed by atoms with E-state index >= 15 is 0 Å². The molecule has 4 nitrogen and oxygen atoms in total. The Balaban J connectivity index is 3.32. The summed E-state index contributed by atoms with van der Waals surface area (Å²) in [5.41, 5.74) is 3.07. The van der Waals surface area contributed by atoms with Crippen LogP contribution >= 0.6 is 0 Å². The van der Waals surface area contributed by atoms with Gasteiger partial charge in [0.25, 0.3) is 5.95 Å². The maximum absolute atomic E-state index is 13.9. The topological polar surface area (TPSA) is 68.9 Å². The van der Waals surface area contributed by atoms with Gasteiger partial charge in [0.15, 0.2) is 11.5 Å². The van der Waals surface area contributed by atoms with Gasteiger partial charge in [0.05, 0.1) is 0 Å². The molecular weight excluding hydrogens is 273 g/mol. The number of halogens is 5. The molecule has 0 spiro atoms. The number of alkyl halides is 2. The maximum Gasteiger partial charge on any atom is 0.305 e. The zero-order valence-electron chi connectivity index (χ0n) is 9.76. The van der Waals surface area contributed by atoms with Gasteiger partial charge in [0.1, 0.15) is 5.92 Å². The SMILES string of the molecule is CCCC(C(N)=O)C(F)(F)c1nnc(F)c(F)c1F. The summed E-state index contributed by atoms with van der Waals surface area (Å²) in [6.07, 6.45) is -0.204. The van der Waals surface area contributed by atoms with Crippen LogP contribution in [0.1, 0.15) is 25.5 Å². The third-order valence-corrected chi connectivity index (χ3v) is 2.49. The predicted molar refractivity (Wildman–Crippen MR) is 53.4 cm³/mol. The lowest BCUT2D eigenvalue weighted by atomic mass is 9.92. The minimum Gasteiger partial charge on any atom is -0.369 e. The third-order valence-electron chi connectivity index (χ3n) is 2.49. The van der Waals surface area contributed by atoms with Crippen LogP contribution in [0.5, 0.6) is 0 Å². The molecule has 1 unspecified atom stereocenters. The van der Waals surface area contributed by atoms with Gasteiger partial charge in [-0.1, -0.05) is 13.3 Å². The number of nitrogens with two attached hydrogens (primary N) is 1. The molecule has 0 aromatic carbocycles. The molecule has 2 N–H and O–H groups in total. The minimum atomic E-state index is -4.17. The van der Waals surface area contributed by atoms with E-state index in [1.807, 2.05) is 0 Å². The lowest BCUT2D eigenvalue weighted by Gasteiger charge is -2.23. The molecule has 0 radical (unpaired) electrons. The van der Waals surface area contributed by atoms with E-state index in [1.165, 1.54) is 6.92 Å². The lowest BCUT2D eigenvalue weighted by Crippen LogP contribution is -2.38. The quantitative estimate of drug-likeness (QED) is 0.839. The van der Waals surface area contributed by atoms with Gasteiger partial charge in [-0.15, -0.1) is 10.2 Å². The van der Waals surface area contributed by atoms with Crippen molar-refractivity contribution in [2.45, 2.75) is 25.7 Å². The van der Waals surface area contributed by atoms with Crippen LogP contribution in [-0.4, -0.2) is 16.1 Å². The van der Waals surface area contributed by atoms with Gasteiger partial charge in [-0.05, 0) is 6.42 Å². The number of nitrogens with zero attached hydrogens (tertiary/aromatic N) is 2. The Labute approximate surface area is 104 Å². The Morgan fingerprint density at radius 1 is 1.26 bits per heavy atom. The Bertz CT molecular complexity index is 494. The van der Waals surface area contributed by atoms with Crippen molar-refractivity contribution in [3.8, 4) is 0 Å². The van der Waals surface area contributed by atoms with Crippen LogP contribution in [-0.2, 0) is 10.7 Å². The second-order valence-corrected chi connectivity index (χ2v) is 3.83. The first-order valence-corrected chi connectivity index (χ1v) is 5.28. The summed E-state index contributed by atoms with van der Waals surface area (Å²) >= 11 is 0. The van der Waals surface area contributed by atoms with Crippen molar-refractivity contribution in [1.82, 2.24) is 10.2 Å². The van der Waals surface area contributed by atoms with Crippen LogP contribution in [0.4, 0.5) is 22.0 Å². The summed E-state index contributed by atoms with van der Waals surface area (Å²) in [5.74, 6) is -13.9. The van der Waals surface area contributed by atoms with Gasteiger partial charge in [0.2, 0.25) is 11.7 Å². The molecule has 0 aliphatic heterocycles. The summed E-state index contributed by atoms with van der Waals surface area (Å²) in [7, 11) is 0. The maximum atomic E-state index is 13.9. The van der Waals surface area contributed by atoms with Crippen LogP contribution in [0.3, 0.4) is 0 Å². The zero-order valence-corrected chi connectivity index (χ0v) is 9.76. The molecule has 1 aromatic heterocycles. The molecule has 1 heterocycles. The Morgan fingerprint density at radius 2 is 1.84 bits per heavy atom. The molecule has 0 fully saturated rings. The summed E-state index contributed by atoms with van der Waals surface area (Å²) in [4.78, 5) is 11.0. The summed E-state index contributed by atoms with van der Waals surface area (Å²) in [6, 6.07) is 0. The molecular formula is C10H10F5N3O. The molecule has 1 rings (SSSR count). The van der Waals surface area contributed by atoms with E-state index in [2.05, 4.69) is 10.2 Å². The molecule has 1 atom stereocenters. The van der Waals surface area contributed by atoms with Gasteiger partial charge in [-0.3, -0.25) is 4.79 Å². The number of amides is 1. The van der Waals surface area contributed by atoms with Crippen molar-refractivity contribution in [1.29, 1.82) is 0 Å². The largest absolute Gasteiger partial charge is 0.369 e. The van der Waals surface area contributed by atoms with E-state index in [1.54, 1.807) is 0 Å². The molecule has 0 saturated carbocycles. The standard InChI is InChI=1S/C10H10F5N3O/c1-2-3-4(9(16)19)10(14,15)7-5(11)6(12)8(13)18-17-7/h4H,2-3H2,1H3,(H2,16,19). The van der Waals surface area contributed by atoms with Crippen molar-refractivity contribution < 1.29 is 26.7 Å². The van der Waals surface area contributed by atoms with Crippen LogP contribution in [0, 0.1) is 23.5 Å². The number of hydrogen-bond donors (Lipinski definition) is 1. The molecule has 0 aliphatic carbocycles. The van der Waals surface area contributed by atoms with Gasteiger partial charge in [0, 0.05) is 0 Å². The predicted octanol–water partition coefficient (Wildman–Crippen LogP) is 1.89. The first kappa shape index (κ1) is 15.3. The van der Waals surface area contributed by atoms with Gasteiger partial charge >= 0.3 is 5.92 Å². The Hall–Kier alpha value is -1.80. The number of primary amides is 1. The highest BCUT2D eigenvalue weighted by molar-refractivity contribution is 5.77. The molecule has 0 saturated heterocycles. The number of hydrogen-bond acceptors (Lipinski definition) is 3. The van der Waals surface area contributed by atoms with Crippen LogP contribution in [0.25, 0.3) is 0 Å². The fraction of sp³-hybridized carbons (Fsp3) is 0.500. The van der Waals surface area contributed by atoms with E-state index in [4.69, 9.17) is 5.73 Å². The molecule has 0 bridgehead atoms. The highest BCUT2D eigenvalue weighted by Crippen LogP contribution is 2.38. The highest BCUT2D eigenvalue weighted by atomic mass is 19.3. The number of carbonyl (C=O) groups is 1. The van der Waals surface area contributed by atoms with Crippen molar-refractivity contribution >= 4 is 5.91 Å². The Kier molecular flexibility index (Phi) is 4.38. The molecule has 1 amide bonds. The van der Waals surface area contributed by atoms with Crippen molar-refractivity contribution in [2.75, 3.05) is 0 Å². The summed E-state index contributed by atoms with van der Waals surface area (Å²) in [6.45, 7) is 1.50. The first-order valence-electron chi connectivity index (χ1n) is 5.28. The minimum absolute atomic E-state index is 0.155. The van der Waals surface area contributed by atoms with Gasteiger partial charge in [-0.25, -0.2) is 4.39 Å². The van der Waals surface area contributed by atoms with E-state index in [0.29, 0.717) is 0 Å². The molecule has 19 heavy (non-hydrogen) atoms. The van der Waals surface area contributed by atoms with E-state index in [9.17, 15) is 26.7 Å². The van der Waals surface area contributed by atoms with Gasteiger partial charge < -0.3 is 5.73 Å². The van der Waals surface area contributed by atoms with Crippen LogP contribution < -0.4 is 5.73 Å². The van der Waals surface area contributed by atoms with Crippen molar-refractivity contribution in [3.05, 3.63) is 23.3 Å². The third kappa shape index (κ3) is 2.79. The summed E-state index contributed by atoms with van der Waals surface area (Å²) in [5, 5.41) is 5.04. The zero-order chi connectivity index (χ0) is 14.8.